The molecule has 107 valence electrons. The summed E-state index contributed by atoms with van der Waals surface area (Å²) in [5.41, 5.74) is 2.14. The van der Waals surface area contributed by atoms with Gasteiger partial charge in [0, 0.05) is 5.69 Å². The number of hydrogen-bond acceptors (Lipinski definition) is 1. The molecule has 0 spiro atoms. The van der Waals surface area contributed by atoms with Crippen LogP contribution in [0.2, 0.25) is 0 Å². The molecular formula is C20H16NO. The van der Waals surface area contributed by atoms with E-state index in [0.717, 1.165) is 11.6 Å². The highest BCUT2D eigenvalue weighted by Crippen LogP contribution is 2.50. The molecule has 1 saturated heterocycles. The van der Waals surface area contributed by atoms with Crippen LogP contribution in [0.3, 0.4) is 0 Å². The van der Waals surface area contributed by atoms with Gasteiger partial charge in [-0.05, 0) is 49.3 Å². The molecule has 1 aliphatic carbocycles. The van der Waals surface area contributed by atoms with Crippen LogP contribution in [0.15, 0.2) is 60.7 Å². The fourth-order valence-electron chi connectivity index (χ4n) is 3.28. The van der Waals surface area contributed by atoms with Crippen molar-refractivity contribution in [2.75, 3.05) is 4.90 Å². The Morgan fingerprint density at radius 1 is 0.773 bits per heavy atom. The number of anilines is 1. The Balaban J connectivity index is 1.71. The van der Waals surface area contributed by atoms with Gasteiger partial charge >= 0.3 is 0 Å². The number of hydrogen-bond donors (Lipinski definition) is 0. The van der Waals surface area contributed by atoms with Crippen LogP contribution in [-0.4, -0.2) is 5.91 Å². The second kappa shape index (κ2) is 5.60. The maximum atomic E-state index is 12.8. The van der Waals surface area contributed by atoms with Crippen LogP contribution in [0.5, 0.6) is 0 Å². The minimum Gasteiger partial charge on any atom is -0.304 e. The van der Waals surface area contributed by atoms with Gasteiger partial charge in [-0.2, -0.15) is 0 Å². The third-order valence-electron chi connectivity index (χ3n) is 4.32. The first-order valence-corrected chi connectivity index (χ1v) is 7.51. The second-order valence-corrected chi connectivity index (χ2v) is 5.60. The Hall–Kier alpha value is -2.09. The lowest BCUT2D eigenvalue weighted by Crippen LogP contribution is -2.57. The molecule has 5 radical (unpaired) electrons. The number of carbonyl (C=O) groups is 1. The quantitative estimate of drug-likeness (QED) is 0.786. The largest absolute Gasteiger partial charge is 0.304 e. The summed E-state index contributed by atoms with van der Waals surface area (Å²) in [4.78, 5) is 14.7. The highest BCUT2D eigenvalue weighted by atomic mass is 16.2. The normalized spacial score (nSPS) is 25.3. The third kappa shape index (κ3) is 2.14. The summed E-state index contributed by atoms with van der Waals surface area (Å²) in [5, 5.41) is 0. The van der Waals surface area contributed by atoms with Gasteiger partial charge in [0.25, 0.3) is 0 Å². The van der Waals surface area contributed by atoms with E-state index >= 15 is 0 Å². The summed E-state index contributed by atoms with van der Waals surface area (Å²) in [6, 6.07) is 20.2. The zero-order chi connectivity index (χ0) is 14.9. The zero-order valence-corrected chi connectivity index (χ0v) is 12.1. The molecular weight excluding hydrogens is 270 g/mol. The Morgan fingerprint density at radius 2 is 1.36 bits per heavy atom. The first kappa shape index (κ1) is 13.6. The number of β-lactam (4-membered cyclic amide) rings is 1. The van der Waals surface area contributed by atoms with E-state index in [0.29, 0.717) is 0 Å². The molecule has 22 heavy (non-hydrogen) atoms. The molecule has 1 heterocycles. The van der Waals surface area contributed by atoms with Crippen molar-refractivity contribution in [3.05, 3.63) is 97.8 Å². The number of para-hydroxylation sites is 1. The predicted octanol–water partition coefficient (Wildman–Crippen LogP) is 3.80. The molecule has 2 aromatic carbocycles. The van der Waals surface area contributed by atoms with Gasteiger partial charge in [-0.3, -0.25) is 4.79 Å². The van der Waals surface area contributed by atoms with Crippen LogP contribution in [0.25, 0.3) is 0 Å². The monoisotopic (exact) mass is 286 g/mol. The molecule has 0 N–H and O–H groups in total. The Bertz CT molecular complexity index is 646. The van der Waals surface area contributed by atoms with Crippen LogP contribution in [-0.2, 0) is 4.79 Å². The van der Waals surface area contributed by atoms with E-state index in [9.17, 15) is 4.79 Å². The maximum absolute atomic E-state index is 12.8. The average molecular weight is 286 g/mol. The molecule has 4 rings (SSSR count). The molecule has 0 unspecified atom stereocenters. The molecule has 1 amide bonds. The number of rotatable bonds is 3. The van der Waals surface area contributed by atoms with Crippen molar-refractivity contribution in [1.82, 2.24) is 0 Å². The van der Waals surface area contributed by atoms with Crippen LogP contribution >= 0.6 is 0 Å². The van der Waals surface area contributed by atoms with E-state index in [2.05, 4.69) is 12.1 Å². The first-order valence-electron chi connectivity index (χ1n) is 7.51. The van der Waals surface area contributed by atoms with Gasteiger partial charge in [0.05, 0.1) is 12.0 Å². The smallest absolute Gasteiger partial charge is 0.233 e. The molecule has 0 aromatic heterocycles. The van der Waals surface area contributed by atoms with E-state index in [1.807, 2.05) is 79.1 Å². The molecule has 2 aromatic rings. The Kier molecular flexibility index (Phi) is 3.45. The molecule has 2 fully saturated rings. The van der Waals surface area contributed by atoms with Gasteiger partial charge < -0.3 is 4.90 Å². The van der Waals surface area contributed by atoms with E-state index < -0.39 is 0 Å². The molecule has 1 aliphatic heterocycles. The second-order valence-electron chi connectivity index (χ2n) is 5.60. The minimum absolute atomic E-state index is 0.0681. The lowest BCUT2D eigenvalue weighted by atomic mass is 9.73. The highest BCUT2D eigenvalue weighted by molar-refractivity contribution is 6.05. The molecule has 0 bridgehead atoms. The van der Waals surface area contributed by atoms with Crippen molar-refractivity contribution in [3.8, 4) is 0 Å². The molecule has 2 heteroatoms. The SMILES string of the molecule is O=C1[C@H]([C]2[CH][CH][CH][CH]2)[C@H](c2ccccc2)N1c1ccccc1. The summed E-state index contributed by atoms with van der Waals surface area (Å²) in [6.07, 6.45) is 8.08. The molecule has 2 atom stereocenters. The van der Waals surface area contributed by atoms with Gasteiger partial charge in [-0.15, -0.1) is 0 Å². The van der Waals surface area contributed by atoms with Gasteiger partial charge in [0.2, 0.25) is 5.91 Å². The first-order chi connectivity index (χ1) is 10.9. The van der Waals surface area contributed by atoms with Crippen LogP contribution in [0, 0.1) is 37.5 Å². The minimum atomic E-state index is -0.0855. The number of nitrogens with zero attached hydrogens (tertiary/aromatic N) is 1. The van der Waals surface area contributed by atoms with E-state index in [-0.39, 0.29) is 17.9 Å². The van der Waals surface area contributed by atoms with Crippen molar-refractivity contribution in [3.63, 3.8) is 0 Å². The topological polar surface area (TPSA) is 20.3 Å². The summed E-state index contributed by atoms with van der Waals surface area (Å²) < 4.78 is 0. The number of amides is 1. The van der Waals surface area contributed by atoms with Crippen LogP contribution < -0.4 is 4.90 Å². The van der Waals surface area contributed by atoms with Crippen molar-refractivity contribution in [2.45, 2.75) is 6.04 Å². The van der Waals surface area contributed by atoms with Gasteiger partial charge in [0.15, 0.2) is 0 Å². The van der Waals surface area contributed by atoms with E-state index in [1.54, 1.807) is 0 Å². The van der Waals surface area contributed by atoms with Crippen molar-refractivity contribution in [1.29, 1.82) is 0 Å². The highest BCUT2D eigenvalue weighted by Gasteiger charge is 2.52. The third-order valence-corrected chi connectivity index (χ3v) is 4.32. The summed E-state index contributed by atoms with van der Waals surface area (Å²) in [6.45, 7) is 0. The van der Waals surface area contributed by atoms with E-state index in [1.165, 1.54) is 5.56 Å². The van der Waals surface area contributed by atoms with Crippen LogP contribution in [0.4, 0.5) is 5.69 Å². The van der Waals surface area contributed by atoms with E-state index in [4.69, 9.17) is 0 Å². The van der Waals surface area contributed by atoms with Crippen molar-refractivity contribution in [2.24, 2.45) is 5.92 Å². The fraction of sp³-hybridized carbons (Fsp3) is 0.100. The Morgan fingerprint density at radius 3 is 2.00 bits per heavy atom. The zero-order valence-electron chi connectivity index (χ0n) is 12.1. The Labute approximate surface area is 131 Å². The molecule has 2 nitrogen and oxygen atoms in total. The standard InChI is InChI=1S/C20H16NO/c22-20-18(15-9-7-8-10-15)19(16-11-3-1-4-12-16)21(20)17-13-5-2-6-14-17/h1-14,18-19H/t18-,19+/m1/s1. The molecule has 1 saturated carbocycles. The van der Waals surface area contributed by atoms with Crippen molar-refractivity contribution < 1.29 is 4.79 Å². The van der Waals surface area contributed by atoms with Gasteiger partial charge in [-0.1, -0.05) is 48.5 Å². The van der Waals surface area contributed by atoms with Crippen molar-refractivity contribution >= 4 is 11.6 Å². The maximum Gasteiger partial charge on any atom is 0.233 e. The van der Waals surface area contributed by atoms with Crippen LogP contribution in [0.1, 0.15) is 11.6 Å². The number of carbonyl (C=O) groups excluding carboxylic acids is 1. The fourth-order valence-corrected chi connectivity index (χ4v) is 3.28. The molecule has 2 aliphatic rings. The summed E-state index contributed by atoms with van der Waals surface area (Å²) in [7, 11) is 0. The van der Waals surface area contributed by atoms with Gasteiger partial charge in [0.1, 0.15) is 0 Å². The predicted molar refractivity (Wildman–Crippen MR) is 87.0 cm³/mol. The summed E-state index contributed by atoms with van der Waals surface area (Å²) >= 11 is 0. The summed E-state index contributed by atoms with van der Waals surface area (Å²) in [5.74, 6) is 1.19. The average Bonchev–Trinajstić information content (AvgIpc) is 3.08. The number of benzene rings is 2. The van der Waals surface area contributed by atoms with Gasteiger partial charge in [-0.25, -0.2) is 0 Å². The lowest BCUT2D eigenvalue weighted by molar-refractivity contribution is -0.129. The lowest BCUT2D eigenvalue weighted by Gasteiger charge is -2.49.